The fourth-order valence-corrected chi connectivity index (χ4v) is 3.04. The van der Waals surface area contributed by atoms with Gasteiger partial charge in [0.2, 0.25) is 5.89 Å². The molecule has 7 heteroatoms. The van der Waals surface area contributed by atoms with E-state index in [0.717, 1.165) is 18.0 Å². The highest BCUT2D eigenvalue weighted by Gasteiger charge is 2.23. The van der Waals surface area contributed by atoms with Crippen molar-refractivity contribution in [2.75, 3.05) is 6.26 Å². The van der Waals surface area contributed by atoms with Crippen LogP contribution in [0.5, 0.6) is 0 Å². The van der Waals surface area contributed by atoms with Crippen molar-refractivity contribution in [1.29, 1.82) is 0 Å². The second-order valence-corrected chi connectivity index (χ2v) is 6.96. The Hall–Kier alpha value is -1.37. The van der Waals surface area contributed by atoms with Gasteiger partial charge in [-0.3, -0.25) is 0 Å². The van der Waals surface area contributed by atoms with Crippen LogP contribution in [-0.4, -0.2) is 36.6 Å². The van der Waals surface area contributed by atoms with E-state index in [1.165, 1.54) is 25.7 Å². The van der Waals surface area contributed by atoms with Crippen LogP contribution in [-0.2, 0) is 13.0 Å². The molecule has 0 spiro atoms. The van der Waals surface area contributed by atoms with Gasteiger partial charge in [-0.15, -0.1) is 5.10 Å². The van der Waals surface area contributed by atoms with Gasteiger partial charge in [0.15, 0.2) is 5.82 Å². The molecule has 0 saturated heterocycles. The van der Waals surface area contributed by atoms with E-state index < -0.39 is 0 Å². The summed E-state index contributed by atoms with van der Waals surface area (Å²) in [4.78, 5) is 4.50. The molecule has 0 N–H and O–H groups in total. The van der Waals surface area contributed by atoms with E-state index in [-0.39, 0.29) is 0 Å². The van der Waals surface area contributed by atoms with Crippen LogP contribution < -0.4 is 0 Å². The van der Waals surface area contributed by atoms with Crippen molar-refractivity contribution in [2.24, 2.45) is 0 Å². The molecule has 2 aromatic heterocycles. The van der Waals surface area contributed by atoms with Crippen molar-refractivity contribution in [1.82, 2.24) is 25.1 Å². The first-order chi connectivity index (χ1) is 10.2. The SMILES string of the molecule is CS[C@H](C)Cc1cn(Cc2noc(C3CCCC3)n2)nn1. The van der Waals surface area contributed by atoms with Crippen LogP contribution in [0.4, 0.5) is 0 Å². The molecule has 1 atom stereocenters. The maximum atomic E-state index is 5.38. The lowest BCUT2D eigenvalue weighted by molar-refractivity contribution is 0.349. The molecule has 3 rings (SSSR count). The van der Waals surface area contributed by atoms with E-state index in [0.29, 0.717) is 23.5 Å². The minimum atomic E-state index is 0.458. The Balaban J connectivity index is 1.61. The van der Waals surface area contributed by atoms with E-state index in [1.54, 1.807) is 4.68 Å². The molecule has 0 radical (unpaired) electrons. The van der Waals surface area contributed by atoms with Gasteiger partial charge in [0.1, 0.15) is 6.54 Å². The summed E-state index contributed by atoms with van der Waals surface area (Å²) in [5.74, 6) is 1.94. The molecule has 114 valence electrons. The molecule has 2 aromatic rings. The van der Waals surface area contributed by atoms with Crippen LogP contribution in [0, 0.1) is 0 Å². The monoisotopic (exact) mass is 307 g/mol. The smallest absolute Gasteiger partial charge is 0.229 e. The highest BCUT2D eigenvalue weighted by molar-refractivity contribution is 7.99. The standard InChI is InChI=1S/C14H21N5OS/c1-10(21-2)7-12-8-19(18-16-12)9-13-15-14(20-17-13)11-5-3-4-6-11/h8,10-11H,3-7,9H2,1-2H3/t10-/m1/s1. The molecule has 21 heavy (non-hydrogen) atoms. The quantitative estimate of drug-likeness (QED) is 0.817. The molecule has 0 amide bonds. The lowest BCUT2D eigenvalue weighted by atomic mass is 10.1. The van der Waals surface area contributed by atoms with Crippen molar-refractivity contribution >= 4 is 11.8 Å². The number of thioether (sulfide) groups is 1. The summed E-state index contributed by atoms with van der Waals surface area (Å²) in [5, 5.41) is 13.0. The summed E-state index contributed by atoms with van der Waals surface area (Å²) in [7, 11) is 0. The first-order valence-corrected chi connectivity index (χ1v) is 8.77. The van der Waals surface area contributed by atoms with Crippen molar-refractivity contribution < 1.29 is 4.52 Å². The average Bonchev–Trinajstić information content (AvgIpc) is 3.19. The second kappa shape index (κ2) is 6.60. The third-order valence-corrected chi connectivity index (χ3v) is 4.95. The van der Waals surface area contributed by atoms with Crippen molar-refractivity contribution in [3.05, 3.63) is 23.6 Å². The van der Waals surface area contributed by atoms with E-state index in [9.17, 15) is 0 Å². The Morgan fingerprint density at radius 1 is 1.43 bits per heavy atom. The number of rotatable bonds is 6. The number of nitrogens with zero attached hydrogens (tertiary/aromatic N) is 5. The lowest BCUT2D eigenvalue weighted by Crippen LogP contribution is -2.03. The van der Waals surface area contributed by atoms with E-state index in [4.69, 9.17) is 4.52 Å². The second-order valence-electron chi connectivity index (χ2n) is 5.69. The predicted molar refractivity (Wildman–Crippen MR) is 81.3 cm³/mol. The van der Waals surface area contributed by atoms with Crippen LogP contribution in [0.2, 0.25) is 0 Å². The largest absolute Gasteiger partial charge is 0.339 e. The molecule has 1 aliphatic carbocycles. The Morgan fingerprint density at radius 3 is 3.00 bits per heavy atom. The predicted octanol–water partition coefficient (Wildman–Crippen LogP) is 2.66. The van der Waals surface area contributed by atoms with Gasteiger partial charge in [0.05, 0.1) is 5.69 Å². The number of aromatic nitrogens is 5. The van der Waals surface area contributed by atoms with Gasteiger partial charge in [-0.2, -0.15) is 16.7 Å². The van der Waals surface area contributed by atoms with Gasteiger partial charge in [-0.25, -0.2) is 4.68 Å². The Morgan fingerprint density at radius 2 is 2.24 bits per heavy atom. The van der Waals surface area contributed by atoms with Crippen LogP contribution in [0.1, 0.15) is 55.9 Å². The Kier molecular flexibility index (Phi) is 4.57. The fourth-order valence-electron chi connectivity index (χ4n) is 2.70. The summed E-state index contributed by atoms with van der Waals surface area (Å²) in [6, 6.07) is 0. The molecule has 6 nitrogen and oxygen atoms in total. The Labute approximate surface area is 128 Å². The molecule has 1 fully saturated rings. The maximum Gasteiger partial charge on any atom is 0.229 e. The molecule has 2 heterocycles. The first kappa shape index (κ1) is 14.6. The molecule has 0 aromatic carbocycles. The normalized spacial score (nSPS) is 17.4. The summed E-state index contributed by atoms with van der Waals surface area (Å²) in [6.07, 6.45) is 9.88. The maximum absolute atomic E-state index is 5.38. The third-order valence-electron chi connectivity index (χ3n) is 3.98. The summed E-state index contributed by atoms with van der Waals surface area (Å²) in [5.41, 5.74) is 1.01. The van der Waals surface area contributed by atoms with Crippen molar-refractivity contribution in [3.63, 3.8) is 0 Å². The van der Waals surface area contributed by atoms with Crippen LogP contribution in [0.25, 0.3) is 0 Å². The van der Waals surface area contributed by atoms with Gasteiger partial charge in [-0.1, -0.05) is 30.1 Å². The van der Waals surface area contributed by atoms with E-state index in [1.807, 2.05) is 18.0 Å². The molecular weight excluding hydrogens is 286 g/mol. The third kappa shape index (κ3) is 3.64. The first-order valence-electron chi connectivity index (χ1n) is 7.49. The van der Waals surface area contributed by atoms with Gasteiger partial charge in [-0.05, 0) is 19.1 Å². The lowest BCUT2D eigenvalue weighted by Gasteiger charge is -2.02. The van der Waals surface area contributed by atoms with Crippen LogP contribution in [0.3, 0.4) is 0 Å². The summed E-state index contributed by atoms with van der Waals surface area (Å²) < 4.78 is 7.17. The zero-order valence-corrected chi connectivity index (χ0v) is 13.3. The molecule has 0 unspecified atom stereocenters. The van der Waals surface area contributed by atoms with E-state index in [2.05, 4.69) is 33.6 Å². The summed E-state index contributed by atoms with van der Waals surface area (Å²) >= 11 is 1.83. The Bertz CT molecular complexity index is 575. The molecule has 1 saturated carbocycles. The van der Waals surface area contributed by atoms with Gasteiger partial charge < -0.3 is 4.52 Å². The van der Waals surface area contributed by atoms with Crippen LogP contribution >= 0.6 is 11.8 Å². The van der Waals surface area contributed by atoms with Gasteiger partial charge in [0, 0.05) is 23.8 Å². The van der Waals surface area contributed by atoms with E-state index >= 15 is 0 Å². The number of hydrogen-bond acceptors (Lipinski definition) is 6. The summed E-state index contributed by atoms with van der Waals surface area (Å²) in [6.45, 7) is 2.72. The van der Waals surface area contributed by atoms with Crippen molar-refractivity contribution in [2.45, 2.75) is 56.7 Å². The topological polar surface area (TPSA) is 69.6 Å². The zero-order valence-electron chi connectivity index (χ0n) is 12.5. The van der Waals surface area contributed by atoms with Gasteiger partial charge in [0.25, 0.3) is 0 Å². The van der Waals surface area contributed by atoms with Crippen LogP contribution in [0.15, 0.2) is 10.7 Å². The fraction of sp³-hybridized carbons (Fsp3) is 0.714. The minimum Gasteiger partial charge on any atom is -0.339 e. The zero-order chi connectivity index (χ0) is 14.7. The highest BCUT2D eigenvalue weighted by Crippen LogP contribution is 2.32. The van der Waals surface area contributed by atoms with Crippen molar-refractivity contribution in [3.8, 4) is 0 Å². The average molecular weight is 307 g/mol. The minimum absolute atomic E-state index is 0.458. The molecule has 1 aliphatic rings. The number of hydrogen-bond donors (Lipinski definition) is 0. The molecular formula is C14H21N5OS. The molecule has 0 aliphatic heterocycles. The van der Waals surface area contributed by atoms with Gasteiger partial charge >= 0.3 is 0 Å². The highest BCUT2D eigenvalue weighted by atomic mass is 32.2. The molecule has 0 bridgehead atoms.